The van der Waals surface area contributed by atoms with Crippen molar-refractivity contribution >= 4 is 17.2 Å². The minimum atomic E-state index is 0.167. The Bertz CT molecular complexity index is 756. The molecule has 2 rings (SSSR count). The van der Waals surface area contributed by atoms with Crippen molar-refractivity contribution in [2.24, 2.45) is 5.73 Å². The van der Waals surface area contributed by atoms with Crippen LogP contribution in [0, 0.1) is 12.3 Å². The molecule has 0 radical (unpaired) electrons. The lowest BCUT2D eigenvalue weighted by Gasteiger charge is -2.10. The molecule has 5 nitrogen and oxygen atoms in total. The topological polar surface area (TPSA) is 84.9 Å². The van der Waals surface area contributed by atoms with Crippen molar-refractivity contribution in [1.82, 2.24) is 10.2 Å². The van der Waals surface area contributed by atoms with Gasteiger partial charge in [0, 0.05) is 11.5 Å². The van der Waals surface area contributed by atoms with Gasteiger partial charge in [0.05, 0.1) is 12.4 Å². The third-order valence-corrected chi connectivity index (χ3v) is 6.23. The molecule has 31 heavy (non-hydrogen) atoms. The van der Waals surface area contributed by atoms with E-state index in [-0.39, 0.29) is 5.84 Å². The van der Waals surface area contributed by atoms with Gasteiger partial charge < -0.3 is 10.5 Å². The lowest BCUT2D eigenvalue weighted by atomic mass is 10.1. The van der Waals surface area contributed by atoms with Gasteiger partial charge in [-0.25, -0.2) is 0 Å². The van der Waals surface area contributed by atoms with E-state index in [9.17, 15) is 0 Å². The monoisotopic (exact) mass is 446 g/mol. The summed E-state index contributed by atoms with van der Waals surface area (Å²) in [5.41, 5.74) is 7.01. The molecular formula is C25H42N4OS. The van der Waals surface area contributed by atoms with E-state index in [4.69, 9.17) is 15.9 Å². The second-order valence-electron chi connectivity index (χ2n) is 8.27. The predicted molar refractivity (Wildman–Crippen MR) is 134 cm³/mol. The maximum atomic E-state index is 6.28. The van der Waals surface area contributed by atoms with Gasteiger partial charge in [-0.15, -0.1) is 10.2 Å². The van der Waals surface area contributed by atoms with Gasteiger partial charge in [0.15, 0.2) is 0 Å². The van der Waals surface area contributed by atoms with Crippen LogP contribution in [0.25, 0.3) is 10.6 Å². The molecule has 2 aromatic rings. The van der Waals surface area contributed by atoms with Gasteiger partial charge in [0.2, 0.25) is 0 Å². The highest BCUT2D eigenvalue weighted by Crippen LogP contribution is 2.32. The summed E-state index contributed by atoms with van der Waals surface area (Å²) in [6.07, 6.45) is 11.4. The first kappa shape index (κ1) is 27.1. The highest BCUT2D eigenvalue weighted by molar-refractivity contribution is 7.14. The van der Waals surface area contributed by atoms with Crippen LogP contribution in [0.2, 0.25) is 0 Å². The molecule has 1 heterocycles. The number of unbranched alkanes of at least 4 members (excludes halogenated alkanes) is 6. The van der Waals surface area contributed by atoms with Crippen LogP contribution in [0.3, 0.4) is 0 Å². The molecular weight excluding hydrogens is 404 g/mol. The standard InChI is InChI=1S/C23H36N2OS.C2H6N2/c1-5-7-9-10-11-12-16-26-21-15-14-20(17-19(21)4)23-25-24-22(27-23)18(3)13-8-6-2;1-2(3)4/h14-15,17-18H,5-13,16H2,1-4H3;1H3,(H3,3,4)/t18-;/m0./s1. The van der Waals surface area contributed by atoms with Crippen molar-refractivity contribution in [3.63, 3.8) is 0 Å². The van der Waals surface area contributed by atoms with Crippen LogP contribution in [0.4, 0.5) is 0 Å². The van der Waals surface area contributed by atoms with Crippen LogP contribution >= 0.6 is 11.3 Å². The lowest BCUT2D eigenvalue weighted by molar-refractivity contribution is 0.302. The molecule has 0 aliphatic rings. The number of nitrogens with one attached hydrogen (secondary N) is 1. The highest BCUT2D eigenvalue weighted by atomic mass is 32.1. The first-order valence-electron chi connectivity index (χ1n) is 11.8. The number of rotatable bonds is 13. The Morgan fingerprint density at radius 2 is 1.71 bits per heavy atom. The summed E-state index contributed by atoms with van der Waals surface area (Å²) in [6.45, 7) is 11.2. The van der Waals surface area contributed by atoms with Gasteiger partial charge in [0.1, 0.15) is 15.8 Å². The lowest BCUT2D eigenvalue weighted by Crippen LogP contribution is -2.00. The van der Waals surface area contributed by atoms with E-state index in [0.717, 1.165) is 34.4 Å². The van der Waals surface area contributed by atoms with Gasteiger partial charge in [-0.2, -0.15) is 0 Å². The van der Waals surface area contributed by atoms with Crippen molar-refractivity contribution in [1.29, 1.82) is 5.41 Å². The minimum absolute atomic E-state index is 0.167. The maximum absolute atomic E-state index is 6.28. The molecule has 0 saturated heterocycles. The zero-order chi connectivity index (χ0) is 23.1. The summed E-state index contributed by atoms with van der Waals surface area (Å²) in [5, 5.41) is 17.3. The van der Waals surface area contributed by atoms with Crippen LogP contribution in [0.1, 0.15) is 102 Å². The molecule has 0 saturated carbocycles. The zero-order valence-electron chi connectivity index (χ0n) is 20.2. The van der Waals surface area contributed by atoms with Crippen molar-refractivity contribution in [3.8, 4) is 16.3 Å². The predicted octanol–water partition coefficient (Wildman–Crippen LogP) is 7.49. The van der Waals surface area contributed by atoms with E-state index in [1.54, 1.807) is 11.3 Å². The molecule has 0 bridgehead atoms. The van der Waals surface area contributed by atoms with Crippen LogP contribution in [-0.4, -0.2) is 22.6 Å². The zero-order valence-corrected chi connectivity index (χ0v) is 21.0. The summed E-state index contributed by atoms with van der Waals surface area (Å²) in [7, 11) is 0. The smallest absolute Gasteiger partial charge is 0.147 e. The molecule has 1 aromatic carbocycles. The van der Waals surface area contributed by atoms with Gasteiger partial charge >= 0.3 is 0 Å². The van der Waals surface area contributed by atoms with E-state index in [2.05, 4.69) is 56.1 Å². The Hall–Kier alpha value is -1.95. The third kappa shape index (κ3) is 11.3. The largest absolute Gasteiger partial charge is 0.493 e. The van der Waals surface area contributed by atoms with Crippen molar-refractivity contribution in [3.05, 3.63) is 28.8 Å². The Balaban J connectivity index is 0.00000110. The van der Waals surface area contributed by atoms with Gasteiger partial charge in [0.25, 0.3) is 0 Å². The second kappa shape index (κ2) is 15.8. The van der Waals surface area contributed by atoms with Crippen LogP contribution in [0.15, 0.2) is 18.2 Å². The number of nitrogens with two attached hydrogens (primary N) is 1. The first-order valence-corrected chi connectivity index (χ1v) is 12.6. The fourth-order valence-corrected chi connectivity index (χ4v) is 4.12. The number of benzene rings is 1. The number of hydrogen-bond acceptors (Lipinski definition) is 5. The fraction of sp³-hybridized carbons (Fsp3) is 0.640. The molecule has 3 N–H and O–H groups in total. The number of nitrogens with zero attached hydrogens (tertiary/aromatic N) is 2. The average Bonchev–Trinajstić information content (AvgIpc) is 3.22. The molecule has 0 unspecified atom stereocenters. The maximum Gasteiger partial charge on any atom is 0.147 e. The molecule has 0 aliphatic heterocycles. The normalized spacial score (nSPS) is 11.5. The first-order chi connectivity index (χ1) is 14.9. The molecule has 1 atom stereocenters. The molecule has 0 amide bonds. The third-order valence-electron chi connectivity index (χ3n) is 5.03. The number of aromatic nitrogens is 2. The fourth-order valence-electron chi connectivity index (χ4n) is 3.19. The number of aryl methyl sites for hydroxylation is 1. The average molecular weight is 447 g/mol. The van der Waals surface area contributed by atoms with Gasteiger partial charge in [-0.1, -0.05) is 77.1 Å². The van der Waals surface area contributed by atoms with Gasteiger partial charge in [-0.05, 0) is 50.5 Å². The Morgan fingerprint density at radius 1 is 1.06 bits per heavy atom. The summed E-state index contributed by atoms with van der Waals surface area (Å²) >= 11 is 1.73. The Morgan fingerprint density at radius 3 is 2.35 bits per heavy atom. The highest BCUT2D eigenvalue weighted by Gasteiger charge is 2.13. The van der Waals surface area contributed by atoms with Crippen molar-refractivity contribution in [2.75, 3.05) is 6.61 Å². The van der Waals surface area contributed by atoms with Crippen LogP contribution in [-0.2, 0) is 0 Å². The molecule has 174 valence electrons. The summed E-state index contributed by atoms with van der Waals surface area (Å²) in [5.74, 6) is 1.66. The number of hydrogen-bond donors (Lipinski definition) is 2. The Labute approximate surface area is 193 Å². The summed E-state index contributed by atoms with van der Waals surface area (Å²) < 4.78 is 5.99. The van der Waals surface area contributed by atoms with E-state index in [1.165, 1.54) is 63.9 Å². The van der Waals surface area contributed by atoms with E-state index in [1.807, 2.05) is 0 Å². The number of ether oxygens (including phenoxy) is 1. The van der Waals surface area contributed by atoms with Crippen LogP contribution in [0.5, 0.6) is 5.75 Å². The quantitative estimate of drug-likeness (QED) is 0.190. The molecule has 0 spiro atoms. The van der Waals surface area contributed by atoms with E-state index >= 15 is 0 Å². The minimum Gasteiger partial charge on any atom is -0.493 e. The number of amidine groups is 1. The Kier molecular flexibility index (Phi) is 13.8. The van der Waals surface area contributed by atoms with Crippen molar-refractivity contribution in [2.45, 2.75) is 98.3 Å². The summed E-state index contributed by atoms with van der Waals surface area (Å²) in [4.78, 5) is 0. The SMILES string of the molecule is CC(=N)N.CCCCCCCCOc1ccc(-c2nnc([C@@H](C)CCCC)s2)cc1C. The molecule has 6 heteroatoms. The van der Waals surface area contributed by atoms with E-state index < -0.39 is 0 Å². The second-order valence-corrected chi connectivity index (χ2v) is 9.28. The molecule has 0 fully saturated rings. The van der Waals surface area contributed by atoms with Crippen molar-refractivity contribution < 1.29 is 4.74 Å². The summed E-state index contributed by atoms with van der Waals surface area (Å²) in [6, 6.07) is 6.38. The molecule has 0 aliphatic carbocycles. The van der Waals surface area contributed by atoms with E-state index in [0.29, 0.717) is 5.92 Å². The van der Waals surface area contributed by atoms with Crippen LogP contribution < -0.4 is 10.5 Å². The molecule has 1 aromatic heterocycles. The van der Waals surface area contributed by atoms with Gasteiger partial charge in [-0.3, -0.25) is 5.41 Å².